The average Bonchev–Trinajstić information content (AvgIpc) is 2.60. The normalized spacial score (nSPS) is 11.7. The minimum absolute atomic E-state index is 0.221. The zero-order chi connectivity index (χ0) is 20.1. The zero-order valence-corrected chi connectivity index (χ0v) is 14.6. The third kappa shape index (κ3) is 4.78. The zero-order valence-electron chi connectivity index (χ0n) is 14.6. The van der Waals surface area contributed by atoms with E-state index in [4.69, 9.17) is 14.6 Å². The Hall–Kier alpha value is -3.03. The summed E-state index contributed by atoms with van der Waals surface area (Å²) in [6.45, 7) is 0. The molecule has 8 heteroatoms. The molecular weight excluding hydrogens is 365 g/mol. The Morgan fingerprint density at radius 2 is 1.48 bits per heavy atom. The maximum Gasteiger partial charge on any atom is 0.303 e. The smallest absolute Gasteiger partial charge is 0.303 e. The van der Waals surface area contributed by atoms with Crippen molar-refractivity contribution in [2.75, 3.05) is 14.2 Å². The second kappa shape index (κ2) is 8.57. The fourth-order valence-electron chi connectivity index (χ4n) is 2.70. The third-order valence-corrected chi connectivity index (χ3v) is 3.99. The number of ketones is 1. The van der Waals surface area contributed by atoms with E-state index in [-0.39, 0.29) is 12.0 Å². The lowest BCUT2D eigenvalue weighted by molar-refractivity contribution is -0.137. The summed E-state index contributed by atoms with van der Waals surface area (Å²) < 4.78 is 51.5. The van der Waals surface area contributed by atoms with Crippen LogP contribution in [0.25, 0.3) is 0 Å². The summed E-state index contributed by atoms with van der Waals surface area (Å²) in [6, 6.07) is 5.23. The number of carbonyl (C=O) groups is 2. The first-order valence-electron chi connectivity index (χ1n) is 7.90. The van der Waals surface area contributed by atoms with Gasteiger partial charge in [-0.25, -0.2) is 13.2 Å². The highest BCUT2D eigenvalue weighted by Gasteiger charge is 2.29. The fraction of sp³-hybridized carbons (Fsp3) is 0.263. The molecule has 2 rings (SSSR count). The molecule has 0 saturated carbocycles. The van der Waals surface area contributed by atoms with Crippen LogP contribution in [0.1, 0.15) is 34.7 Å². The molecule has 0 aliphatic rings. The highest BCUT2D eigenvalue weighted by molar-refractivity contribution is 6.01. The largest absolute Gasteiger partial charge is 0.497 e. The lowest BCUT2D eigenvalue weighted by Crippen LogP contribution is -2.18. The van der Waals surface area contributed by atoms with Gasteiger partial charge in [0.1, 0.15) is 29.0 Å². The van der Waals surface area contributed by atoms with E-state index in [1.54, 1.807) is 0 Å². The van der Waals surface area contributed by atoms with Crippen molar-refractivity contribution in [3.8, 4) is 11.5 Å². The van der Waals surface area contributed by atoms with Crippen LogP contribution in [0.2, 0.25) is 0 Å². The van der Waals surface area contributed by atoms with Gasteiger partial charge < -0.3 is 14.6 Å². The highest BCUT2D eigenvalue weighted by Crippen LogP contribution is 2.33. The van der Waals surface area contributed by atoms with Crippen molar-refractivity contribution in [2.45, 2.75) is 18.8 Å². The number of carboxylic acids is 1. The number of Topliss-reactive ketones (excluding diaryl/α,β-unsaturated/α-hetero) is 1. The van der Waals surface area contributed by atoms with E-state index in [9.17, 15) is 22.8 Å². The topological polar surface area (TPSA) is 72.8 Å². The van der Waals surface area contributed by atoms with E-state index in [2.05, 4.69) is 0 Å². The van der Waals surface area contributed by atoms with Gasteiger partial charge in [-0.3, -0.25) is 9.59 Å². The summed E-state index contributed by atoms with van der Waals surface area (Å²) in [5.74, 6) is -6.61. The van der Waals surface area contributed by atoms with E-state index < -0.39 is 47.1 Å². The molecule has 0 heterocycles. The van der Waals surface area contributed by atoms with Gasteiger partial charge in [0.15, 0.2) is 5.78 Å². The lowest BCUT2D eigenvalue weighted by atomic mass is 9.86. The predicted octanol–water partition coefficient (Wildman–Crippen LogP) is 3.95. The maximum absolute atomic E-state index is 14.1. The van der Waals surface area contributed by atoms with Crippen molar-refractivity contribution in [1.82, 2.24) is 0 Å². The van der Waals surface area contributed by atoms with E-state index in [1.807, 2.05) is 0 Å². The standard InChI is InChI=1S/C19H17F3O5/c1-26-12-5-10(6-13(9-12)27-2)14(3-4-17(23)24)19(25)18-15(21)7-11(20)8-16(18)22/h5-9,14H,3-4H2,1-2H3,(H,23,24). The molecule has 0 aliphatic carbocycles. The van der Waals surface area contributed by atoms with E-state index in [1.165, 1.54) is 32.4 Å². The van der Waals surface area contributed by atoms with Crippen LogP contribution in [0.4, 0.5) is 13.2 Å². The molecule has 27 heavy (non-hydrogen) atoms. The molecule has 0 aromatic heterocycles. The van der Waals surface area contributed by atoms with Gasteiger partial charge in [-0.1, -0.05) is 0 Å². The van der Waals surface area contributed by atoms with Gasteiger partial charge in [0.05, 0.1) is 19.8 Å². The van der Waals surface area contributed by atoms with Gasteiger partial charge in [0, 0.05) is 30.5 Å². The number of hydrogen-bond donors (Lipinski definition) is 1. The molecule has 0 fully saturated rings. The Morgan fingerprint density at radius 1 is 0.963 bits per heavy atom. The van der Waals surface area contributed by atoms with Gasteiger partial charge in [-0.05, 0) is 24.1 Å². The van der Waals surface area contributed by atoms with Crippen molar-refractivity contribution in [3.63, 3.8) is 0 Å². The molecule has 0 saturated heterocycles. The summed E-state index contributed by atoms with van der Waals surface area (Å²) >= 11 is 0. The number of halogens is 3. The molecule has 144 valence electrons. The maximum atomic E-state index is 14.1. The van der Waals surface area contributed by atoms with Crippen LogP contribution in [0.5, 0.6) is 11.5 Å². The number of carbonyl (C=O) groups excluding carboxylic acids is 1. The third-order valence-electron chi connectivity index (χ3n) is 3.99. The summed E-state index contributed by atoms with van der Waals surface area (Å²) in [6.07, 6.45) is -0.638. The van der Waals surface area contributed by atoms with Crippen molar-refractivity contribution in [2.24, 2.45) is 0 Å². The summed E-state index contributed by atoms with van der Waals surface area (Å²) in [7, 11) is 2.76. The molecule has 0 amide bonds. The molecule has 1 N–H and O–H groups in total. The average molecular weight is 382 g/mol. The van der Waals surface area contributed by atoms with Crippen LogP contribution >= 0.6 is 0 Å². The summed E-state index contributed by atoms with van der Waals surface area (Å²) in [5, 5.41) is 8.95. The fourth-order valence-corrected chi connectivity index (χ4v) is 2.70. The molecular formula is C19H17F3O5. The summed E-state index contributed by atoms with van der Waals surface area (Å²) in [5.41, 5.74) is -0.658. The number of aliphatic carboxylic acids is 1. The van der Waals surface area contributed by atoms with Gasteiger partial charge in [-0.15, -0.1) is 0 Å². The number of methoxy groups -OCH3 is 2. The molecule has 5 nitrogen and oxygen atoms in total. The number of benzene rings is 2. The Bertz CT molecular complexity index is 821. The second-order valence-corrected chi connectivity index (χ2v) is 5.74. The van der Waals surface area contributed by atoms with Crippen LogP contribution in [0, 0.1) is 17.5 Å². The Morgan fingerprint density at radius 3 is 1.93 bits per heavy atom. The molecule has 1 unspecified atom stereocenters. The minimum atomic E-state index is -1.35. The number of carboxylic acid groups (broad SMARTS) is 1. The predicted molar refractivity (Wildman–Crippen MR) is 89.8 cm³/mol. The number of ether oxygens (including phenoxy) is 2. The SMILES string of the molecule is COc1cc(OC)cc(C(CCC(=O)O)C(=O)c2c(F)cc(F)cc2F)c1. The Kier molecular flexibility index (Phi) is 6.44. The van der Waals surface area contributed by atoms with Crippen LogP contribution in [-0.2, 0) is 4.79 Å². The first-order chi connectivity index (χ1) is 12.8. The van der Waals surface area contributed by atoms with Gasteiger partial charge >= 0.3 is 5.97 Å². The van der Waals surface area contributed by atoms with Crippen LogP contribution < -0.4 is 9.47 Å². The number of rotatable bonds is 8. The van der Waals surface area contributed by atoms with E-state index in [0.717, 1.165) is 0 Å². The van der Waals surface area contributed by atoms with Crippen molar-refractivity contribution in [1.29, 1.82) is 0 Å². The van der Waals surface area contributed by atoms with Gasteiger partial charge in [0.25, 0.3) is 0 Å². The van der Waals surface area contributed by atoms with E-state index in [0.29, 0.717) is 23.6 Å². The number of hydrogen-bond acceptors (Lipinski definition) is 4. The molecule has 0 bridgehead atoms. The van der Waals surface area contributed by atoms with Crippen LogP contribution in [0.3, 0.4) is 0 Å². The van der Waals surface area contributed by atoms with Gasteiger partial charge in [-0.2, -0.15) is 0 Å². The van der Waals surface area contributed by atoms with Gasteiger partial charge in [0.2, 0.25) is 0 Å². The highest BCUT2D eigenvalue weighted by atomic mass is 19.1. The van der Waals surface area contributed by atoms with Crippen molar-refractivity contribution < 1.29 is 37.3 Å². The summed E-state index contributed by atoms with van der Waals surface area (Å²) in [4.78, 5) is 23.8. The molecule has 1 atom stereocenters. The molecule has 0 aliphatic heterocycles. The Labute approximate surface area is 153 Å². The lowest BCUT2D eigenvalue weighted by Gasteiger charge is -2.18. The molecule has 2 aromatic carbocycles. The molecule has 0 spiro atoms. The molecule has 0 radical (unpaired) electrons. The van der Waals surface area contributed by atoms with Crippen molar-refractivity contribution in [3.05, 3.63) is 58.9 Å². The van der Waals surface area contributed by atoms with Crippen LogP contribution in [0.15, 0.2) is 30.3 Å². The first kappa shape index (κ1) is 20.3. The Balaban J connectivity index is 2.55. The molecule has 2 aromatic rings. The quantitative estimate of drug-likeness (QED) is 0.700. The van der Waals surface area contributed by atoms with E-state index >= 15 is 0 Å². The van der Waals surface area contributed by atoms with Crippen molar-refractivity contribution >= 4 is 11.8 Å². The monoisotopic (exact) mass is 382 g/mol. The minimum Gasteiger partial charge on any atom is -0.497 e. The second-order valence-electron chi connectivity index (χ2n) is 5.74. The van der Waals surface area contributed by atoms with Crippen LogP contribution in [-0.4, -0.2) is 31.1 Å². The first-order valence-corrected chi connectivity index (χ1v) is 7.90.